The van der Waals surface area contributed by atoms with Gasteiger partial charge in [-0.25, -0.2) is 0 Å². The number of aromatic nitrogens is 1. The summed E-state index contributed by atoms with van der Waals surface area (Å²) in [6, 6.07) is 5.74. The van der Waals surface area contributed by atoms with Crippen LogP contribution < -0.4 is 66.2 Å². The molecule has 0 spiro atoms. The molecule has 1 aliphatic heterocycles. The molecule has 2 heterocycles. The van der Waals surface area contributed by atoms with E-state index in [2.05, 4.69) is 10.3 Å². The van der Waals surface area contributed by atoms with Gasteiger partial charge in [-0.05, 0) is 44.6 Å². The van der Waals surface area contributed by atoms with Gasteiger partial charge >= 0.3 is 51.4 Å². The van der Waals surface area contributed by atoms with E-state index in [4.69, 9.17) is 9.47 Å². The van der Waals surface area contributed by atoms with Crippen molar-refractivity contribution in [3.63, 3.8) is 0 Å². The third-order valence-corrected chi connectivity index (χ3v) is 5.09. The minimum Gasteiger partial charge on any atom is -0.454 e. The zero-order valence-corrected chi connectivity index (χ0v) is 18.5. The first-order chi connectivity index (χ1) is 11.6. The maximum absolute atomic E-state index is 12.8. The molecule has 1 saturated carbocycles. The summed E-state index contributed by atoms with van der Waals surface area (Å²) in [6.07, 6.45) is 3.43. The van der Waals surface area contributed by atoms with E-state index in [0.717, 1.165) is 29.0 Å². The Morgan fingerprint density at radius 3 is 2.80 bits per heavy atom. The average Bonchev–Trinajstić information content (AvgIpc) is 3.03. The van der Waals surface area contributed by atoms with Gasteiger partial charge in [0.15, 0.2) is 16.6 Å². The van der Waals surface area contributed by atoms with Crippen molar-refractivity contribution < 1.29 is 65.7 Å². The number of rotatable bonds is 5. The number of hydrogen-bond acceptors (Lipinski definition) is 6. The molecule has 1 aliphatic carbocycles. The molecule has 1 aromatic carbocycles. The molecule has 0 bridgehead atoms. The van der Waals surface area contributed by atoms with E-state index in [-0.39, 0.29) is 64.1 Å². The zero-order chi connectivity index (χ0) is 16.7. The topological polar surface area (TPSA) is 63.7 Å². The Hall–Kier alpha value is -0.614. The van der Waals surface area contributed by atoms with Gasteiger partial charge in [-0.2, -0.15) is 6.54 Å². The van der Waals surface area contributed by atoms with Crippen LogP contribution >= 0.6 is 11.3 Å². The number of carbonyl (C=O) groups is 1. The van der Waals surface area contributed by atoms with E-state index in [1.165, 1.54) is 11.3 Å². The van der Waals surface area contributed by atoms with Crippen molar-refractivity contribution in [2.24, 2.45) is 0 Å². The number of nitrogens with one attached hydrogen (secondary N) is 1. The van der Waals surface area contributed by atoms with Crippen LogP contribution in [0.2, 0.25) is 0 Å². The van der Waals surface area contributed by atoms with Gasteiger partial charge in [0.05, 0.1) is 5.41 Å². The largest absolute Gasteiger partial charge is 1.00 e. The fourth-order valence-corrected chi connectivity index (χ4v) is 3.68. The number of anilines is 1. The third-order valence-electron chi connectivity index (χ3n) is 4.24. The van der Waals surface area contributed by atoms with Crippen LogP contribution in [-0.4, -0.2) is 36.7 Å². The number of ether oxygens (including phenoxy) is 2. The van der Waals surface area contributed by atoms with Gasteiger partial charge in [0.1, 0.15) is 0 Å². The van der Waals surface area contributed by atoms with E-state index < -0.39 is 5.41 Å². The van der Waals surface area contributed by atoms with Crippen molar-refractivity contribution in [2.75, 3.05) is 26.2 Å². The Balaban J connectivity index is 0.00000182. The number of thiazole rings is 1. The molecule has 1 amide bonds. The predicted molar refractivity (Wildman–Crippen MR) is 91.3 cm³/mol. The van der Waals surface area contributed by atoms with Gasteiger partial charge in [0, 0.05) is 0 Å². The quantitative estimate of drug-likeness (QED) is 0.563. The molecule has 0 unspecified atom stereocenters. The predicted octanol–water partition coefficient (Wildman–Crippen LogP) is -0.382. The Bertz CT molecular complexity index is 789. The van der Waals surface area contributed by atoms with Gasteiger partial charge < -0.3 is 24.7 Å². The van der Waals surface area contributed by atoms with E-state index in [0.29, 0.717) is 10.9 Å². The number of fused-ring (bicyclic) bond motifs is 1. The second-order valence-electron chi connectivity index (χ2n) is 6.26. The van der Waals surface area contributed by atoms with Crippen molar-refractivity contribution in [1.29, 1.82) is 0 Å². The molecule has 2 aromatic rings. The van der Waals surface area contributed by atoms with Crippen LogP contribution in [0.1, 0.15) is 23.3 Å². The molecule has 126 valence electrons. The third kappa shape index (κ3) is 3.90. The van der Waals surface area contributed by atoms with Crippen LogP contribution in [0.3, 0.4) is 0 Å². The number of carbonyl (C=O) groups excluding carboxylic acids is 1. The monoisotopic (exact) mass is 383 g/mol. The Kier molecular flexibility index (Phi) is 5.79. The normalized spacial score (nSPS) is 16.3. The Morgan fingerprint density at radius 1 is 1.32 bits per heavy atom. The standard InChI is InChI=1S/C17H18N3O3S.K/c1-20(2)9-12-8-18-16(24-12)19-15(21)17(5-6-17)11-3-4-13-14(7-11)23-10-22-13;/h3-4,7-9H,5-6,10H2,1-2H3,(H,18,19,21);/q-1;+1. The van der Waals surface area contributed by atoms with E-state index in [1.807, 2.05) is 43.7 Å². The van der Waals surface area contributed by atoms with Crippen LogP contribution in [0.25, 0.3) is 0 Å². The maximum atomic E-state index is 12.8. The summed E-state index contributed by atoms with van der Waals surface area (Å²) >= 11 is 1.46. The molecule has 25 heavy (non-hydrogen) atoms. The fraction of sp³-hybridized carbons (Fsp3) is 0.353. The molecule has 4 rings (SSSR count). The van der Waals surface area contributed by atoms with E-state index >= 15 is 0 Å². The summed E-state index contributed by atoms with van der Waals surface area (Å²) in [5.41, 5.74) is 0.499. The summed E-state index contributed by atoms with van der Waals surface area (Å²) in [5.74, 6) is 1.44. The van der Waals surface area contributed by atoms with Gasteiger partial charge in [-0.1, -0.05) is 6.07 Å². The second-order valence-corrected chi connectivity index (χ2v) is 7.33. The smallest absolute Gasteiger partial charge is 0.454 e. The van der Waals surface area contributed by atoms with Crippen LogP contribution in [0.4, 0.5) is 5.13 Å². The summed E-state index contributed by atoms with van der Waals surface area (Å²) in [4.78, 5) is 20.0. The van der Waals surface area contributed by atoms with Crippen LogP contribution in [0, 0.1) is 6.54 Å². The van der Waals surface area contributed by atoms with Crippen LogP contribution in [-0.2, 0) is 10.2 Å². The number of hydrogen-bond donors (Lipinski definition) is 1. The minimum atomic E-state index is -0.474. The summed E-state index contributed by atoms with van der Waals surface area (Å²) in [5, 5.41) is 3.59. The van der Waals surface area contributed by atoms with Crippen molar-refractivity contribution in [3.05, 3.63) is 41.4 Å². The molecule has 0 atom stereocenters. The molecule has 1 fully saturated rings. The Morgan fingerprint density at radius 2 is 2.08 bits per heavy atom. The van der Waals surface area contributed by atoms with Gasteiger partial charge in [-0.15, -0.1) is 22.4 Å². The van der Waals surface area contributed by atoms with Crippen molar-refractivity contribution >= 4 is 22.4 Å². The second kappa shape index (κ2) is 7.56. The fourth-order valence-electron chi connectivity index (χ4n) is 2.84. The molecule has 1 N–H and O–H groups in total. The van der Waals surface area contributed by atoms with Crippen molar-refractivity contribution in [3.8, 4) is 11.5 Å². The first kappa shape index (κ1) is 19.2. The maximum Gasteiger partial charge on any atom is 1.00 e. The minimum absolute atomic E-state index is 0. The van der Waals surface area contributed by atoms with Crippen molar-refractivity contribution in [2.45, 2.75) is 18.3 Å². The van der Waals surface area contributed by atoms with Crippen LogP contribution in [0.5, 0.6) is 11.5 Å². The molecule has 0 saturated heterocycles. The summed E-state index contributed by atoms with van der Waals surface area (Å²) < 4.78 is 10.8. The van der Waals surface area contributed by atoms with E-state index in [1.54, 1.807) is 6.20 Å². The first-order valence-electron chi connectivity index (χ1n) is 7.75. The zero-order valence-electron chi connectivity index (χ0n) is 14.5. The molecule has 6 nitrogen and oxygen atoms in total. The molecule has 0 radical (unpaired) electrons. The van der Waals surface area contributed by atoms with Crippen LogP contribution in [0.15, 0.2) is 24.4 Å². The molecular formula is C17H18KN3O3S. The molecule has 8 heteroatoms. The van der Waals surface area contributed by atoms with Gasteiger partial charge in [0.25, 0.3) is 0 Å². The van der Waals surface area contributed by atoms with Gasteiger partial charge in [0.2, 0.25) is 12.7 Å². The SMILES string of the molecule is CN(C)[CH-]c1cnc(NC(=O)C2(c3ccc4c(c3)OCO4)CC2)s1.[K+]. The molecular weight excluding hydrogens is 365 g/mol. The summed E-state index contributed by atoms with van der Waals surface area (Å²) in [7, 11) is 3.91. The Labute approximate surface area is 193 Å². The molecule has 1 aromatic heterocycles. The van der Waals surface area contributed by atoms with Gasteiger partial charge in [-0.3, -0.25) is 4.79 Å². The number of nitrogens with zero attached hydrogens (tertiary/aromatic N) is 2. The number of benzene rings is 1. The first-order valence-corrected chi connectivity index (χ1v) is 8.57. The van der Waals surface area contributed by atoms with Crippen molar-refractivity contribution in [1.82, 2.24) is 9.88 Å². The average molecular weight is 384 g/mol. The molecule has 2 aliphatic rings. The summed E-state index contributed by atoms with van der Waals surface area (Å²) in [6.45, 7) is 2.21. The van der Waals surface area contributed by atoms with E-state index in [9.17, 15) is 4.79 Å². The number of amides is 1.